The van der Waals surface area contributed by atoms with E-state index in [2.05, 4.69) is 133 Å². The molecule has 8 atom stereocenters. The summed E-state index contributed by atoms with van der Waals surface area (Å²) in [6.07, 6.45) is 26.1. The maximum absolute atomic E-state index is 14.0. The number of nitrogens with zero attached hydrogens (tertiary/aromatic N) is 12. The summed E-state index contributed by atoms with van der Waals surface area (Å²) in [5.41, 5.74) is 20.2. The van der Waals surface area contributed by atoms with Gasteiger partial charge >= 0.3 is 0 Å². The van der Waals surface area contributed by atoms with Crippen LogP contribution in [0.15, 0.2) is 171 Å². The molecule has 16 nitrogen and oxygen atoms in total. The van der Waals surface area contributed by atoms with Crippen molar-refractivity contribution in [1.82, 2.24) is 57.8 Å². The van der Waals surface area contributed by atoms with Gasteiger partial charge < -0.3 is 38.7 Å². The number of fused-ring (bicyclic) bond motifs is 16. The largest absolute Gasteiger partial charge is 0.385 e. The van der Waals surface area contributed by atoms with Crippen molar-refractivity contribution in [1.29, 1.82) is 0 Å². The van der Waals surface area contributed by atoms with Crippen LogP contribution >= 0.6 is 0 Å². The van der Waals surface area contributed by atoms with E-state index in [1.54, 1.807) is 49.4 Å². The molecule has 8 aromatic heterocycles. The molecule has 20 rings (SSSR count). The third kappa shape index (κ3) is 13.9. The highest BCUT2D eigenvalue weighted by molar-refractivity contribution is 5.89. The lowest BCUT2D eigenvalue weighted by atomic mass is 9.96. The lowest BCUT2D eigenvalue weighted by molar-refractivity contribution is 0.0374. The zero-order chi connectivity index (χ0) is 73.5. The Labute approximate surface area is 627 Å². The molecule has 0 bridgehead atoms. The number of hydrogen-bond acceptors (Lipinski definition) is 12. The molecule has 8 unspecified atom stereocenters. The predicted octanol–water partition coefficient (Wildman–Crippen LogP) is 14.7. The Morgan fingerprint density at radius 1 is 0.411 bits per heavy atom. The van der Waals surface area contributed by atoms with Gasteiger partial charge in [-0.2, -0.15) is 0 Å². The summed E-state index contributed by atoms with van der Waals surface area (Å²) < 4.78 is 23.4. The fourth-order valence-corrected chi connectivity index (χ4v) is 19.8. The van der Waals surface area contributed by atoms with Gasteiger partial charge in [-0.3, -0.25) is 39.5 Å². The summed E-state index contributed by atoms with van der Waals surface area (Å²) in [7, 11) is 0. The van der Waals surface area contributed by atoms with Crippen LogP contribution in [-0.4, -0.2) is 129 Å². The highest BCUT2D eigenvalue weighted by Gasteiger charge is 2.41. The third-order valence-corrected chi connectivity index (χ3v) is 25.4. The second-order valence-electron chi connectivity index (χ2n) is 33.0. The fourth-order valence-electron chi connectivity index (χ4n) is 19.8. The summed E-state index contributed by atoms with van der Waals surface area (Å²) >= 11 is 0. The van der Waals surface area contributed by atoms with Crippen LogP contribution in [0, 0.1) is 26.6 Å². The topological polar surface area (TPSA) is 165 Å². The normalized spacial score (nSPS) is 21.6. The first-order valence-corrected chi connectivity index (χ1v) is 39.3. The van der Waals surface area contributed by atoms with Crippen molar-refractivity contribution in [2.24, 2.45) is 0 Å². The number of rotatable bonds is 12. The van der Waals surface area contributed by atoms with E-state index in [0.29, 0.717) is 50.3 Å². The predicted molar refractivity (Wildman–Crippen MR) is 421 cm³/mol. The number of benzene rings is 4. The highest BCUT2D eigenvalue weighted by atomic mass is 19.1. The summed E-state index contributed by atoms with van der Waals surface area (Å²) in [5, 5.41) is 49.7. The zero-order valence-electron chi connectivity index (χ0n) is 63.1. The third-order valence-electron chi connectivity index (χ3n) is 25.4. The molecule has 16 heterocycles. The van der Waals surface area contributed by atoms with Crippen LogP contribution < -0.4 is 0 Å². The molecule has 0 spiro atoms. The van der Waals surface area contributed by atoms with E-state index in [0.717, 1.165) is 91.7 Å². The van der Waals surface area contributed by atoms with Crippen molar-refractivity contribution < 1.29 is 24.8 Å². The quantitative estimate of drug-likeness (QED) is 0.0916. The summed E-state index contributed by atoms with van der Waals surface area (Å²) in [4.78, 5) is 27.3. The van der Waals surface area contributed by atoms with Crippen molar-refractivity contribution in [3.05, 3.63) is 261 Å². The molecule has 107 heavy (non-hydrogen) atoms. The van der Waals surface area contributed by atoms with Gasteiger partial charge in [0.1, 0.15) is 28.7 Å². The number of hydrogen-bond donors (Lipinski definition) is 4. The van der Waals surface area contributed by atoms with Crippen LogP contribution in [0.2, 0.25) is 0 Å². The van der Waals surface area contributed by atoms with E-state index < -0.39 is 22.9 Å². The van der Waals surface area contributed by atoms with Crippen molar-refractivity contribution in [3.8, 4) is 0 Å². The van der Waals surface area contributed by atoms with Gasteiger partial charge in [0.15, 0.2) is 0 Å². The first kappa shape index (κ1) is 71.2. The van der Waals surface area contributed by atoms with Crippen LogP contribution in [0.3, 0.4) is 0 Å². The lowest BCUT2D eigenvalue weighted by Crippen LogP contribution is -2.37. The highest BCUT2D eigenvalue weighted by Crippen LogP contribution is 2.44. The molecule has 4 aromatic carbocycles. The maximum Gasteiger partial charge on any atom is 0.123 e. The molecule has 8 aliphatic rings. The minimum atomic E-state index is -1.05. The Balaban J connectivity index is 0.000000105. The van der Waals surface area contributed by atoms with Gasteiger partial charge in [0.05, 0.1) is 31.9 Å². The Bertz CT molecular complexity index is 4830. The molecule has 4 saturated heterocycles. The van der Waals surface area contributed by atoms with Crippen LogP contribution in [0.5, 0.6) is 0 Å². The number of aromatic nitrogens is 8. The Hall–Kier alpha value is -8.75. The second kappa shape index (κ2) is 29.0. The first-order valence-electron chi connectivity index (χ1n) is 39.3. The van der Waals surface area contributed by atoms with Gasteiger partial charge in [-0.05, 0) is 238 Å². The van der Waals surface area contributed by atoms with Crippen LogP contribution in [-0.2, 0) is 94.8 Å². The van der Waals surface area contributed by atoms with Crippen LogP contribution in [0.4, 0.5) is 4.39 Å². The van der Waals surface area contributed by atoms with Crippen molar-refractivity contribution in [2.45, 2.75) is 218 Å². The molecule has 4 N–H and O–H groups in total. The van der Waals surface area contributed by atoms with E-state index in [1.807, 2.05) is 81.4 Å². The monoisotopic (exact) mass is 1430 g/mol. The number of halogens is 1. The Morgan fingerprint density at radius 2 is 0.785 bits per heavy atom. The average molecular weight is 1440 g/mol. The minimum absolute atomic E-state index is 0.204. The van der Waals surface area contributed by atoms with Gasteiger partial charge in [-0.1, -0.05) is 53.1 Å². The van der Waals surface area contributed by atoms with Gasteiger partial charge in [-0.25, -0.2) is 4.39 Å². The standard InChI is InChI=1S/2C23H27N3O.C22H24FN3O.C22H25N3O/c1-16-7-8-21-19(11-16)20-14-25-10-4-6-18(25)12-22(20)26(21)15-23(2,27)17-5-3-9-24-13-17;1-16-5-6-21-19(12-16)20-14-25-11-3-4-18(25)13-22(20)26(21)15-23(2,27)17-7-9-24-10-8-17;1-22(27,15-4-2-8-24-12-15)14-26-20-7-6-16(23)10-18(20)19-13-25-9-3-5-17(25)11-21(19)26;1-15-7-8-20-17(11-15)18-13-24-10-4-5-16(24)12-21(18)25(20)14-22(26)19-6-2-3-9-23-19/h3,5,7-9,11,13,18,27H,4,6,10,12,14-15H2,1-2H3;5-10,12,18,27H,3-4,11,13-15H2,1-2H3;2,4,6-8,10,12,17,27H,3,5,9,11,13-14H2,1H3;2-3,6-9,11,16,22,26H,4-5,10,12-14H2,1H3. The smallest absolute Gasteiger partial charge is 0.123 e. The molecule has 0 amide bonds. The summed E-state index contributed by atoms with van der Waals surface area (Å²) in [6.45, 7) is 23.1. The molecule has 17 heteroatoms. The maximum atomic E-state index is 14.0. The van der Waals surface area contributed by atoms with E-state index in [-0.39, 0.29) is 5.82 Å². The van der Waals surface area contributed by atoms with Gasteiger partial charge in [-0.15, -0.1) is 0 Å². The molecule has 0 saturated carbocycles. The SMILES string of the molecule is CC(O)(Cn1c2c(c3cc(F)ccc31)CN1CCCC1C2)c1cccnc1.Cc1ccc2c(c1)c1c(n2CC(C)(O)c2cccnc2)CC2CCCN2C1.Cc1ccc2c(c1)c1c(n2CC(C)(O)c2ccncc2)CC2CCCN2C1.Cc1ccc2c(c1)c1c(n2CC(O)c2ccccn2)CC2CCCN2C1. The van der Waals surface area contributed by atoms with Gasteiger partial charge in [0, 0.05) is 197 Å². The van der Waals surface area contributed by atoms with Crippen molar-refractivity contribution in [2.75, 3.05) is 26.2 Å². The van der Waals surface area contributed by atoms with Crippen LogP contribution in [0.25, 0.3) is 43.6 Å². The van der Waals surface area contributed by atoms with E-state index in [1.165, 1.54) is 171 Å². The second-order valence-corrected chi connectivity index (χ2v) is 33.0. The summed E-state index contributed by atoms with van der Waals surface area (Å²) in [6, 6.07) is 44.9. The molecule has 0 aliphatic carbocycles. The number of pyridine rings is 4. The Morgan fingerprint density at radius 3 is 1.17 bits per heavy atom. The zero-order valence-corrected chi connectivity index (χ0v) is 63.1. The Kier molecular flexibility index (Phi) is 19.3. The number of aliphatic hydroxyl groups excluding tert-OH is 1. The molecule has 4 fully saturated rings. The van der Waals surface area contributed by atoms with Crippen molar-refractivity contribution in [3.63, 3.8) is 0 Å². The van der Waals surface area contributed by atoms with Crippen molar-refractivity contribution >= 4 is 43.6 Å². The number of aliphatic hydroxyl groups is 4. The average Bonchev–Trinajstić information content (AvgIpc) is 1.61. The summed E-state index contributed by atoms with van der Waals surface area (Å²) in [5.74, 6) is -0.204. The molecular weight excluding hydrogens is 1330 g/mol. The van der Waals surface area contributed by atoms with Gasteiger partial charge in [0.2, 0.25) is 0 Å². The molecule has 0 radical (unpaired) electrons. The lowest BCUT2D eigenvalue weighted by Gasteiger charge is -2.32. The van der Waals surface area contributed by atoms with Crippen LogP contribution in [0.1, 0.15) is 162 Å². The van der Waals surface area contributed by atoms with E-state index in [4.69, 9.17) is 0 Å². The van der Waals surface area contributed by atoms with E-state index >= 15 is 0 Å². The number of aryl methyl sites for hydroxylation is 3. The molecule has 554 valence electrons. The minimum Gasteiger partial charge on any atom is -0.385 e. The molecule has 8 aliphatic heterocycles. The molecule has 12 aromatic rings. The van der Waals surface area contributed by atoms with Gasteiger partial charge in [0.25, 0.3) is 0 Å². The fraction of sp³-hybridized carbons (Fsp3) is 0.422. The molecular formula is C90H103FN12O4. The first-order chi connectivity index (χ1) is 51.8. The van der Waals surface area contributed by atoms with E-state index in [9.17, 15) is 24.8 Å².